The average Bonchev–Trinajstić information content (AvgIpc) is 2.92. The molecule has 0 aromatic carbocycles. The first kappa shape index (κ1) is 14.2. The van der Waals surface area contributed by atoms with Crippen LogP contribution in [0.4, 0.5) is 5.00 Å². The molecule has 3 rings (SSSR count). The molecule has 8 heteroatoms. The van der Waals surface area contributed by atoms with Crippen LogP contribution in [0, 0.1) is 0 Å². The van der Waals surface area contributed by atoms with Crippen molar-refractivity contribution in [2.45, 2.75) is 38.8 Å². The van der Waals surface area contributed by atoms with Gasteiger partial charge in [-0.05, 0) is 26.2 Å². The lowest BCUT2D eigenvalue weighted by Gasteiger charge is -2.42. The number of amides is 2. The third-order valence-corrected chi connectivity index (χ3v) is 4.71. The number of nitrogens with one attached hydrogen (secondary N) is 1. The summed E-state index contributed by atoms with van der Waals surface area (Å²) in [4.78, 5) is 28.1. The molecule has 2 fully saturated rings. The molecule has 2 aliphatic heterocycles. The molecular weight excluding hydrogens is 290 g/mol. The van der Waals surface area contributed by atoms with Gasteiger partial charge < -0.3 is 15.1 Å². The number of rotatable bonds is 4. The van der Waals surface area contributed by atoms with E-state index in [0.29, 0.717) is 13.1 Å². The van der Waals surface area contributed by atoms with Crippen LogP contribution in [-0.2, 0) is 16.1 Å². The summed E-state index contributed by atoms with van der Waals surface area (Å²) < 4.78 is 3.93. The van der Waals surface area contributed by atoms with Crippen LogP contribution in [0.25, 0.3) is 0 Å². The first-order valence-electron chi connectivity index (χ1n) is 7.34. The number of hydrogen-bond donors (Lipinski definition) is 1. The van der Waals surface area contributed by atoms with Gasteiger partial charge in [0.2, 0.25) is 11.8 Å². The summed E-state index contributed by atoms with van der Waals surface area (Å²) in [6.07, 6.45) is 2.78. The van der Waals surface area contributed by atoms with Crippen LogP contribution in [0.1, 0.15) is 31.9 Å². The number of hydrogen-bond acceptors (Lipinski definition) is 6. The van der Waals surface area contributed by atoms with Crippen LogP contribution < -0.4 is 5.32 Å². The van der Waals surface area contributed by atoms with Crippen LogP contribution in [0.5, 0.6) is 0 Å². The molecule has 1 unspecified atom stereocenters. The van der Waals surface area contributed by atoms with E-state index in [-0.39, 0.29) is 24.4 Å². The zero-order valence-corrected chi connectivity index (χ0v) is 12.9. The molecule has 0 bridgehead atoms. The zero-order chi connectivity index (χ0) is 14.8. The SMILES string of the molecule is CCNc1snnc1CN1CC(=O)N2CCCCC2C1=O. The molecule has 1 aromatic rings. The van der Waals surface area contributed by atoms with E-state index in [1.165, 1.54) is 11.5 Å². The van der Waals surface area contributed by atoms with Gasteiger partial charge in [-0.25, -0.2) is 0 Å². The minimum atomic E-state index is -0.269. The molecule has 2 saturated heterocycles. The molecule has 2 amide bonds. The maximum atomic E-state index is 12.6. The molecule has 0 spiro atoms. The highest BCUT2D eigenvalue weighted by Crippen LogP contribution is 2.26. The standard InChI is InChI=1S/C13H19N5O2S/c1-2-14-12-9(15-16-21-12)7-17-8-11(19)18-6-4-3-5-10(18)13(17)20/h10,14H,2-8H2,1H3. The van der Waals surface area contributed by atoms with Gasteiger partial charge in [-0.2, -0.15) is 0 Å². The summed E-state index contributed by atoms with van der Waals surface area (Å²) in [5.74, 6) is 0.0947. The zero-order valence-electron chi connectivity index (χ0n) is 12.0. The lowest BCUT2D eigenvalue weighted by Crippen LogP contribution is -2.60. The van der Waals surface area contributed by atoms with E-state index in [1.807, 2.05) is 6.92 Å². The van der Waals surface area contributed by atoms with Crippen molar-refractivity contribution in [1.29, 1.82) is 0 Å². The highest BCUT2D eigenvalue weighted by Gasteiger charge is 2.40. The Morgan fingerprint density at radius 3 is 3.05 bits per heavy atom. The van der Waals surface area contributed by atoms with Crippen molar-refractivity contribution in [2.75, 3.05) is 25.0 Å². The van der Waals surface area contributed by atoms with E-state index in [1.54, 1.807) is 9.80 Å². The number of fused-ring (bicyclic) bond motifs is 1. The number of carbonyl (C=O) groups is 2. The Labute approximate surface area is 127 Å². The Morgan fingerprint density at radius 2 is 2.24 bits per heavy atom. The fourth-order valence-electron chi connectivity index (χ4n) is 2.95. The molecule has 0 radical (unpaired) electrons. The summed E-state index contributed by atoms with van der Waals surface area (Å²) in [5.41, 5.74) is 0.743. The largest absolute Gasteiger partial charge is 0.374 e. The van der Waals surface area contributed by atoms with Crippen molar-refractivity contribution >= 4 is 28.3 Å². The first-order valence-corrected chi connectivity index (χ1v) is 8.11. The summed E-state index contributed by atoms with van der Waals surface area (Å²) in [6.45, 7) is 4.00. The van der Waals surface area contributed by atoms with Crippen molar-refractivity contribution in [3.63, 3.8) is 0 Å². The summed E-state index contributed by atoms with van der Waals surface area (Å²) >= 11 is 1.28. The second-order valence-corrected chi connectivity index (χ2v) is 6.13. The van der Waals surface area contributed by atoms with Gasteiger partial charge in [0, 0.05) is 24.6 Å². The summed E-state index contributed by atoms with van der Waals surface area (Å²) in [5, 5.41) is 8.15. The number of aromatic nitrogens is 2. The summed E-state index contributed by atoms with van der Waals surface area (Å²) in [7, 11) is 0. The Kier molecular flexibility index (Phi) is 4.05. The molecule has 1 atom stereocenters. The van der Waals surface area contributed by atoms with Crippen molar-refractivity contribution in [2.24, 2.45) is 0 Å². The predicted molar refractivity (Wildman–Crippen MR) is 78.8 cm³/mol. The van der Waals surface area contributed by atoms with E-state index in [0.717, 1.165) is 36.5 Å². The second kappa shape index (κ2) is 5.97. The van der Waals surface area contributed by atoms with Gasteiger partial charge in [-0.15, -0.1) is 5.10 Å². The van der Waals surface area contributed by atoms with Gasteiger partial charge in [0.15, 0.2) is 0 Å². The van der Waals surface area contributed by atoms with Gasteiger partial charge in [0.1, 0.15) is 23.3 Å². The third kappa shape index (κ3) is 2.72. The van der Waals surface area contributed by atoms with Gasteiger partial charge >= 0.3 is 0 Å². The molecule has 7 nitrogen and oxygen atoms in total. The Bertz CT molecular complexity index is 546. The topological polar surface area (TPSA) is 78.4 Å². The van der Waals surface area contributed by atoms with Crippen LogP contribution in [0.15, 0.2) is 0 Å². The molecule has 3 heterocycles. The van der Waals surface area contributed by atoms with Gasteiger partial charge in [0.05, 0.1) is 6.54 Å². The highest BCUT2D eigenvalue weighted by atomic mass is 32.1. The van der Waals surface area contributed by atoms with Gasteiger partial charge in [0.25, 0.3) is 0 Å². The van der Waals surface area contributed by atoms with Crippen molar-refractivity contribution < 1.29 is 9.59 Å². The Balaban J connectivity index is 1.74. The molecular formula is C13H19N5O2S. The quantitative estimate of drug-likeness (QED) is 0.885. The molecule has 114 valence electrons. The van der Waals surface area contributed by atoms with E-state index in [9.17, 15) is 9.59 Å². The number of piperidine rings is 1. The van der Waals surface area contributed by atoms with E-state index in [2.05, 4.69) is 14.9 Å². The van der Waals surface area contributed by atoms with E-state index >= 15 is 0 Å². The van der Waals surface area contributed by atoms with Gasteiger partial charge in [-0.1, -0.05) is 4.49 Å². The second-order valence-electron chi connectivity index (χ2n) is 5.37. The van der Waals surface area contributed by atoms with Crippen LogP contribution in [0.2, 0.25) is 0 Å². The molecule has 21 heavy (non-hydrogen) atoms. The maximum Gasteiger partial charge on any atom is 0.246 e. The van der Waals surface area contributed by atoms with E-state index < -0.39 is 0 Å². The van der Waals surface area contributed by atoms with E-state index in [4.69, 9.17) is 0 Å². The first-order chi connectivity index (χ1) is 10.2. The van der Waals surface area contributed by atoms with Crippen LogP contribution in [-0.4, -0.2) is 56.9 Å². The fourth-order valence-corrected chi connectivity index (χ4v) is 3.59. The normalized spacial score (nSPS) is 22.4. The summed E-state index contributed by atoms with van der Waals surface area (Å²) in [6, 6.07) is -0.269. The number of nitrogens with zero attached hydrogens (tertiary/aromatic N) is 4. The molecule has 0 aliphatic carbocycles. The monoisotopic (exact) mass is 309 g/mol. The number of carbonyl (C=O) groups excluding carboxylic acids is 2. The lowest BCUT2D eigenvalue weighted by molar-refractivity contribution is -0.158. The minimum absolute atomic E-state index is 0.0461. The lowest BCUT2D eigenvalue weighted by atomic mass is 9.98. The average molecular weight is 309 g/mol. The van der Waals surface area contributed by atoms with Crippen molar-refractivity contribution in [3.8, 4) is 0 Å². The Morgan fingerprint density at radius 1 is 1.38 bits per heavy atom. The molecule has 1 aromatic heterocycles. The number of anilines is 1. The molecule has 0 saturated carbocycles. The molecule has 2 aliphatic rings. The van der Waals surface area contributed by atoms with Crippen LogP contribution >= 0.6 is 11.5 Å². The van der Waals surface area contributed by atoms with Crippen LogP contribution in [0.3, 0.4) is 0 Å². The minimum Gasteiger partial charge on any atom is -0.374 e. The highest BCUT2D eigenvalue weighted by molar-refractivity contribution is 7.10. The fraction of sp³-hybridized carbons (Fsp3) is 0.692. The van der Waals surface area contributed by atoms with Gasteiger partial charge in [-0.3, -0.25) is 9.59 Å². The third-order valence-electron chi connectivity index (χ3n) is 3.98. The predicted octanol–water partition coefficient (Wildman–Crippen LogP) is 0.693. The van der Waals surface area contributed by atoms with Crippen molar-refractivity contribution in [1.82, 2.24) is 19.4 Å². The Hall–Kier alpha value is -1.70. The molecule has 1 N–H and O–H groups in total. The van der Waals surface area contributed by atoms with Crippen molar-refractivity contribution in [3.05, 3.63) is 5.69 Å². The smallest absolute Gasteiger partial charge is 0.246 e. The maximum absolute atomic E-state index is 12.6. The number of piperazine rings is 1.